The average Bonchev–Trinajstić information content (AvgIpc) is 2.61. The van der Waals surface area contributed by atoms with Gasteiger partial charge in [-0.15, -0.1) is 0 Å². The molecule has 0 aliphatic rings. The molecule has 1 heterocycles. The smallest absolute Gasteiger partial charge is 0.240 e. The van der Waals surface area contributed by atoms with E-state index < -0.39 is 20.0 Å². The lowest BCUT2D eigenvalue weighted by molar-refractivity contribution is 0.580. The number of nitrogens with zero attached hydrogens (tertiary/aromatic N) is 1. The van der Waals surface area contributed by atoms with Crippen LogP contribution in [-0.4, -0.2) is 28.4 Å². The first kappa shape index (κ1) is 18.5. The van der Waals surface area contributed by atoms with Crippen LogP contribution in [0, 0.1) is 0 Å². The van der Waals surface area contributed by atoms with Gasteiger partial charge in [0.2, 0.25) is 20.0 Å². The van der Waals surface area contributed by atoms with Crippen LogP contribution in [-0.2, 0) is 26.5 Å². The molecule has 0 bridgehead atoms. The third kappa shape index (κ3) is 4.07. The van der Waals surface area contributed by atoms with Crippen molar-refractivity contribution < 1.29 is 16.8 Å². The number of primary sulfonamides is 1. The van der Waals surface area contributed by atoms with Crippen LogP contribution in [0.3, 0.4) is 0 Å². The first-order valence-corrected chi connectivity index (χ1v) is 10.8. The monoisotopic (exact) mass is 391 g/mol. The summed E-state index contributed by atoms with van der Waals surface area (Å²) >= 11 is 0. The second-order valence-corrected chi connectivity index (χ2v) is 8.98. The standard InChI is InChI=1S/C17H17N3O4S2/c18-25(21,22)15-6-8-16(9-7-15)26(23,24)20-12-10-14-4-1-3-13-5-2-11-19-17(13)14/h1-9,11,20H,10,12H2,(H2,18,21,22). The zero-order valence-electron chi connectivity index (χ0n) is 13.7. The molecule has 7 nitrogen and oxygen atoms in total. The fourth-order valence-corrected chi connectivity index (χ4v) is 4.13. The number of nitrogens with two attached hydrogens (primary N) is 1. The Morgan fingerprint density at radius 3 is 2.23 bits per heavy atom. The van der Waals surface area contributed by atoms with E-state index >= 15 is 0 Å². The number of para-hydroxylation sites is 1. The van der Waals surface area contributed by atoms with Gasteiger partial charge in [0, 0.05) is 18.1 Å². The van der Waals surface area contributed by atoms with Crippen LogP contribution in [0.2, 0.25) is 0 Å². The van der Waals surface area contributed by atoms with Crippen molar-refractivity contribution in [2.75, 3.05) is 6.54 Å². The number of fused-ring (bicyclic) bond motifs is 1. The highest BCUT2D eigenvalue weighted by molar-refractivity contribution is 7.89. The molecule has 1 aromatic heterocycles. The molecule has 0 amide bonds. The summed E-state index contributed by atoms with van der Waals surface area (Å²) in [4.78, 5) is 4.17. The molecular formula is C17H17N3O4S2. The van der Waals surface area contributed by atoms with Gasteiger partial charge in [-0.3, -0.25) is 4.98 Å². The molecule has 0 saturated heterocycles. The number of aromatic nitrogens is 1. The van der Waals surface area contributed by atoms with Crippen molar-refractivity contribution in [1.29, 1.82) is 0 Å². The van der Waals surface area contributed by atoms with Gasteiger partial charge in [0.15, 0.2) is 0 Å². The minimum atomic E-state index is -3.86. The van der Waals surface area contributed by atoms with E-state index in [1.54, 1.807) is 6.20 Å². The maximum atomic E-state index is 12.3. The number of sulfonamides is 2. The maximum Gasteiger partial charge on any atom is 0.240 e. The Morgan fingerprint density at radius 1 is 0.885 bits per heavy atom. The van der Waals surface area contributed by atoms with Gasteiger partial charge in [0.05, 0.1) is 15.3 Å². The van der Waals surface area contributed by atoms with Crippen molar-refractivity contribution in [2.45, 2.75) is 16.2 Å². The summed E-state index contributed by atoms with van der Waals surface area (Å²) in [5, 5.41) is 6.00. The number of hydrogen-bond donors (Lipinski definition) is 2. The van der Waals surface area contributed by atoms with E-state index in [-0.39, 0.29) is 16.3 Å². The third-order valence-electron chi connectivity index (χ3n) is 3.87. The molecule has 0 aliphatic heterocycles. The quantitative estimate of drug-likeness (QED) is 0.658. The van der Waals surface area contributed by atoms with Crippen LogP contribution in [0.25, 0.3) is 10.9 Å². The molecule has 26 heavy (non-hydrogen) atoms. The van der Waals surface area contributed by atoms with E-state index in [0.717, 1.165) is 16.5 Å². The molecule has 0 unspecified atom stereocenters. The minimum Gasteiger partial charge on any atom is -0.256 e. The average molecular weight is 391 g/mol. The number of pyridine rings is 1. The van der Waals surface area contributed by atoms with Gasteiger partial charge >= 0.3 is 0 Å². The highest BCUT2D eigenvalue weighted by Crippen LogP contribution is 2.17. The Morgan fingerprint density at radius 2 is 1.54 bits per heavy atom. The van der Waals surface area contributed by atoms with E-state index in [9.17, 15) is 16.8 Å². The first-order valence-electron chi connectivity index (χ1n) is 7.72. The molecule has 9 heteroatoms. The van der Waals surface area contributed by atoms with Crippen molar-refractivity contribution in [3.8, 4) is 0 Å². The maximum absolute atomic E-state index is 12.3. The fraction of sp³-hybridized carbons (Fsp3) is 0.118. The van der Waals surface area contributed by atoms with Gasteiger partial charge in [-0.05, 0) is 42.3 Å². The van der Waals surface area contributed by atoms with Crippen LogP contribution in [0.15, 0.2) is 70.6 Å². The largest absolute Gasteiger partial charge is 0.256 e. The third-order valence-corrected chi connectivity index (χ3v) is 6.27. The summed E-state index contributed by atoms with van der Waals surface area (Å²) < 4.78 is 49.7. The van der Waals surface area contributed by atoms with E-state index in [1.165, 1.54) is 24.3 Å². The van der Waals surface area contributed by atoms with Gasteiger partial charge in [0.1, 0.15) is 0 Å². The summed E-state index contributed by atoms with van der Waals surface area (Å²) in [7, 11) is -7.61. The normalized spacial score (nSPS) is 12.3. The van der Waals surface area contributed by atoms with Gasteiger partial charge in [-0.2, -0.15) is 0 Å². The molecule has 136 valence electrons. The van der Waals surface area contributed by atoms with Crippen molar-refractivity contribution in [1.82, 2.24) is 9.71 Å². The Balaban J connectivity index is 1.72. The zero-order chi connectivity index (χ0) is 18.8. The lowest BCUT2D eigenvalue weighted by Crippen LogP contribution is -2.26. The van der Waals surface area contributed by atoms with Gasteiger partial charge in [0.25, 0.3) is 0 Å². The van der Waals surface area contributed by atoms with Crippen LogP contribution >= 0.6 is 0 Å². The van der Waals surface area contributed by atoms with Crippen LogP contribution in [0.4, 0.5) is 0 Å². The predicted octanol–water partition coefficient (Wildman–Crippen LogP) is 1.40. The topological polar surface area (TPSA) is 119 Å². The summed E-state index contributed by atoms with van der Waals surface area (Å²) in [5.74, 6) is 0. The lowest BCUT2D eigenvalue weighted by Gasteiger charge is -2.09. The Labute approximate surface area is 152 Å². The van der Waals surface area contributed by atoms with E-state index in [4.69, 9.17) is 5.14 Å². The molecule has 3 rings (SSSR count). The molecule has 3 aromatic rings. The molecule has 0 radical (unpaired) electrons. The second-order valence-electron chi connectivity index (χ2n) is 5.66. The van der Waals surface area contributed by atoms with Gasteiger partial charge in [-0.1, -0.05) is 24.3 Å². The first-order chi connectivity index (χ1) is 12.3. The molecule has 0 atom stereocenters. The molecule has 0 fully saturated rings. The Hall–Kier alpha value is -2.33. The van der Waals surface area contributed by atoms with E-state index in [2.05, 4.69) is 9.71 Å². The zero-order valence-corrected chi connectivity index (χ0v) is 15.3. The van der Waals surface area contributed by atoms with Crippen LogP contribution < -0.4 is 9.86 Å². The Kier molecular flexibility index (Phi) is 5.05. The SMILES string of the molecule is NS(=O)(=O)c1ccc(S(=O)(=O)NCCc2cccc3cccnc23)cc1. The molecule has 3 N–H and O–H groups in total. The van der Waals surface area contributed by atoms with Crippen molar-refractivity contribution >= 4 is 30.9 Å². The van der Waals surface area contributed by atoms with Crippen molar-refractivity contribution in [3.63, 3.8) is 0 Å². The fourth-order valence-electron chi connectivity index (χ4n) is 2.58. The molecule has 2 aromatic carbocycles. The Bertz CT molecular complexity index is 1140. The molecule has 0 saturated carbocycles. The molecule has 0 aliphatic carbocycles. The molecular weight excluding hydrogens is 374 g/mol. The summed E-state index contributed by atoms with van der Waals surface area (Å²) in [5.41, 5.74) is 1.78. The lowest BCUT2D eigenvalue weighted by atomic mass is 10.1. The van der Waals surface area contributed by atoms with Gasteiger partial charge < -0.3 is 0 Å². The number of hydrogen-bond acceptors (Lipinski definition) is 5. The number of rotatable bonds is 6. The predicted molar refractivity (Wildman–Crippen MR) is 98.5 cm³/mol. The highest BCUT2D eigenvalue weighted by Gasteiger charge is 2.15. The number of nitrogens with one attached hydrogen (secondary N) is 1. The highest BCUT2D eigenvalue weighted by atomic mass is 32.2. The van der Waals surface area contributed by atoms with Crippen LogP contribution in [0.1, 0.15) is 5.56 Å². The number of benzene rings is 2. The van der Waals surface area contributed by atoms with E-state index in [1.807, 2.05) is 30.3 Å². The van der Waals surface area contributed by atoms with Crippen molar-refractivity contribution in [2.24, 2.45) is 5.14 Å². The van der Waals surface area contributed by atoms with E-state index in [0.29, 0.717) is 6.42 Å². The molecule has 0 spiro atoms. The summed E-state index contributed by atoms with van der Waals surface area (Å²) in [6.45, 7) is 0.189. The summed E-state index contributed by atoms with van der Waals surface area (Å²) in [6.07, 6.45) is 2.17. The van der Waals surface area contributed by atoms with Crippen molar-refractivity contribution in [3.05, 3.63) is 66.4 Å². The van der Waals surface area contributed by atoms with Crippen LogP contribution in [0.5, 0.6) is 0 Å². The van der Waals surface area contributed by atoms with Gasteiger partial charge in [-0.25, -0.2) is 26.7 Å². The second kappa shape index (κ2) is 7.12. The minimum absolute atomic E-state index is 0.0269. The summed E-state index contributed by atoms with van der Waals surface area (Å²) in [6, 6.07) is 14.3.